The minimum absolute atomic E-state index is 0.0135. The largest absolute Gasteiger partial charge is 0.376 e. The van der Waals surface area contributed by atoms with Crippen molar-refractivity contribution in [3.05, 3.63) is 59.9 Å². The summed E-state index contributed by atoms with van der Waals surface area (Å²) in [6.07, 6.45) is 1.89. The van der Waals surface area contributed by atoms with E-state index in [4.69, 9.17) is 4.74 Å². The Labute approximate surface area is 179 Å². The van der Waals surface area contributed by atoms with Gasteiger partial charge in [0.05, 0.1) is 29.0 Å². The monoisotopic (exact) mass is 425 g/mol. The molecule has 0 aromatic heterocycles. The van der Waals surface area contributed by atoms with Crippen LogP contribution in [0.2, 0.25) is 0 Å². The molecule has 0 bridgehead atoms. The van der Waals surface area contributed by atoms with Crippen molar-refractivity contribution >= 4 is 29.1 Å². The highest BCUT2D eigenvalue weighted by Crippen LogP contribution is 2.28. The second-order valence-electron chi connectivity index (χ2n) is 7.74. The Morgan fingerprint density at radius 1 is 1.13 bits per heavy atom. The zero-order chi connectivity index (χ0) is 21.8. The second kappa shape index (κ2) is 9.26. The average molecular weight is 425 g/mol. The summed E-state index contributed by atoms with van der Waals surface area (Å²) in [5.74, 6) is -2.15. The van der Waals surface area contributed by atoms with Crippen molar-refractivity contribution in [1.82, 2.24) is 5.32 Å². The summed E-state index contributed by atoms with van der Waals surface area (Å²) in [7, 11) is 0. The van der Waals surface area contributed by atoms with Crippen molar-refractivity contribution in [2.75, 3.05) is 29.9 Å². The Hall–Kier alpha value is -3.26. The van der Waals surface area contributed by atoms with Crippen LogP contribution in [0.25, 0.3) is 0 Å². The smallest absolute Gasteiger partial charge is 0.253 e. The fraction of sp³-hybridized carbons (Fsp3) is 0.348. The standard InChI is InChI=1S/C23H24FN3O4/c24-18-8-2-4-10-20(18)27-14-15(12-21(27)28)22(29)26-19-9-3-1-7-17(19)23(30)25-13-16-6-5-11-31-16/h1-4,7-10,15-16H,5-6,11-14H2,(H,25,30)(H,26,29)/t15-,16-/m0/s1. The van der Waals surface area contributed by atoms with E-state index in [0.29, 0.717) is 24.4 Å². The van der Waals surface area contributed by atoms with Crippen LogP contribution in [-0.2, 0) is 14.3 Å². The number of rotatable bonds is 6. The van der Waals surface area contributed by atoms with Crippen molar-refractivity contribution in [2.45, 2.75) is 25.4 Å². The second-order valence-corrected chi connectivity index (χ2v) is 7.74. The van der Waals surface area contributed by atoms with Crippen LogP contribution in [-0.4, -0.2) is 43.5 Å². The van der Waals surface area contributed by atoms with E-state index in [9.17, 15) is 18.8 Å². The van der Waals surface area contributed by atoms with Crippen molar-refractivity contribution < 1.29 is 23.5 Å². The molecule has 7 nitrogen and oxygen atoms in total. The SMILES string of the molecule is O=C(NC[C@@H]1CCCO1)c1ccccc1NC(=O)[C@H]1CC(=O)N(c2ccccc2F)C1. The van der Waals surface area contributed by atoms with Gasteiger partial charge in [0.15, 0.2) is 0 Å². The van der Waals surface area contributed by atoms with Gasteiger partial charge in [-0.05, 0) is 37.1 Å². The van der Waals surface area contributed by atoms with Gasteiger partial charge < -0.3 is 20.3 Å². The highest BCUT2D eigenvalue weighted by molar-refractivity contribution is 6.07. The Morgan fingerprint density at radius 3 is 2.68 bits per heavy atom. The van der Waals surface area contributed by atoms with E-state index in [1.807, 2.05) is 0 Å². The van der Waals surface area contributed by atoms with Gasteiger partial charge in [-0.15, -0.1) is 0 Å². The molecule has 31 heavy (non-hydrogen) atoms. The maximum Gasteiger partial charge on any atom is 0.253 e. The summed E-state index contributed by atoms with van der Waals surface area (Å²) < 4.78 is 19.6. The molecule has 2 aromatic carbocycles. The molecule has 162 valence electrons. The van der Waals surface area contributed by atoms with Gasteiger partial charge in [-0.1, -0.05) is 24.3 Å². The average Bonchev–Trinajstić information content (AvgIpc) is 3.42. The fourth-order valence-corrected chi connectivity index (χ4v) is 3.92. The Balaban J connectivity index is 1.41. The number of benzene rings is 2. The molecule has 0 spiro atoms. The predicted molar refractivity (Wildman–Crippen MR) is 113 cm³/mol. The third-order valence-corrected chi connectivity index (χ3v) is 5.58. The molecule has 2 atom stereocenters. The molecule has 2 aliphatic heterocycles. The first-order valence-corrected chi connectivity index (χ1v) is 10.4. The van der Waals surface area contributed by atoms with E-state index in [2.05, 4.69) is 10.6 Å². The first kappa shape index (κ1) is 21.0. The number of para-hydroxylation sites is 2. The predicted octanol–water partition coefficient (Wildman–Crippen LogP) is 2.73. The molecule has 0 unspecified atom stereocenters. The molecule has 8 heteroatoms. The number of nitrogens with one attached hydrogen (secondary N) is 2. The zero-order valence-electron chi connectivity index (χ0n) is 17.0. The topological polar surface area (TPSA) is 87.7 Å². The van der Waals surface area contributed by atoms with Crippen LogP contribution in [0.15, 0.2) is 48.5 Å². The molecule has 2 aromatic rings. The maximum atomic E-state index is 14.1. The third kappa shape index (κ3) is 4.74. The van der Waals surface area contributed by atoms with E-state index in [1.165, 1.54) is 17.0 Å². The van der Waals surface area contributed by atoms with Gasteiger partial charge in [-0.2, -0.15) is 0 Å². The first-order valence-electron chi connectivity index (χ1n) is 10.4. The van der Waals surface area contributed by atoms with Crippen LogP contribution in [0.1, 0.15) is 29.6 Å². The van der Waals surface area contributed by atoms with E-state index in [1.54, 1.807) is 36.4 Å². The number of amides is 3. The van der Waals surface area contributed by atoms with Crippen LogP contribution in [0.3, 0.4) is 0 Å². The highest BCUT2D eigenvalue weighted by atomic mass is 19.1. The number of hydrogen-bond donors (Lipinski definition) is 2. The molecular weight excluding hydrogens is 401 g/mol. The summed E-state index contributed by atoms with van der Waals surface area (Å²) in [5.41, 5.74) is 0.870. The van der Waals surface area contributed by atoms with Crippen LogP contribution in [0.5, 0.6) is 0 Å². The molecule has 3 amide bonds. The molecule has 2 saturated heterocycles. The fourth-order valence-electron chi connectivity index (χ4n) is 3.92. The lowest BCUT2D eigenvalue weighted by atomic mass is 10.1. The number of halogens is 1. The minimum Gasteiger partial charge on any atom is -0.376 e. The molecule has 2 heterocycles. The van der Waals surface area contributed by atoms with Gasteiger partial charge in [-0.3, -0.25) is 14.4 Å². The summed E-state index contributed by atoms with van der Waals surface area (Å²) in [5, 5.41) is 5.61. The van der Waals surface area contributed by atoms with Gasteiger partial charge in [0, 0.05) is 26.1 Å². The summed E-state index contributed by atoms with van der Waals surface area (Å²) in [6.45, 7) is 1.20. The van der Waals surface area contributed by atoms with Gasteiger partial charge >= 0.3 is 0 Å². The zero-order valence-corrected chi connectivity index (χ0v) is 17.0. The van der Waals surface area contributed by atoms with Crippen LogP contribution in [0, 0.1) is 11.7 Å². The molecule has 2 fully saturated rings. The Morgan fingerprint density at radius 2 is 1.90 bits per heavy atom. The molecule has 0 aliphatic carbocycles. The van der Waals surface area contributed by atoms with Crippen molar-refractivity contribution in [3.8, 4) is 0 Å². The van der Waals surface area contributed by atoms with Crippen LogP contribution in [0.4, 0.5) is 15.8 Å². The van der Waals surface area contributed by atoms with Crippen molar-refractivity contribution in [1.29, 1.82) is 0 Å². The van der Waals surface area contributed by atoms with E-state index >= 15 is 0 Å². The summed E-state index contributed by atoms with van der Waals surface area (Å²) in [4.78, 5) is 39.1. The van der Waals surface area contributed by atoms with E-state index < -0.39 is 11.7 Å². The minimum atomic E-state index is -0.643. The number of ether oxygens (including phenoxy) is 1. The lowest BCUT2D eigenvalue weighted by Gasteiger charge is -2.18. The number of anilines is 2. The number of nitrogens with zero attached hydrogens (tertiary/aromatic N) is 1. The molecule has 0 radical (unpaired) electrons. The Kier molecular flexibility index (Phi) is 6.27. The highest BCUT2D eigenvalue weighted by Gasteiger charge is 2.36. The number of carbonyl (C=O) groups is 3. The summed E-state index contributed by atoms with van der Waals surface area (Å²) >= 11 is 0. The Bertz CT molecular complexity index is 990. The maximum absolute atomic E-state index is 14.1. The van der Waals surface area contributed by atoms with Gasteiger partial charge in [0.25, 0.3) is 5.91 Å². The molecule has 0 saturated carbocycles. The lowest BCUT2D eigenvalue weighted by Crippen LogP contribution is -2.33. The quantitative estimate of drug-likeness (QED) is 0.745. The number of carbonyl (C=O) groups excluding carboxylic acids is 3. The number of hydrogen-bond acceptors (Lipinski definition) is 4. The first-order chi connectivity index (χ1) is 15.0. The summed E-state index contributed by atoms with van der Waals surface area (Å²) in [6, 6.07) is 12.7. The molecule has 4 rings (SSSR count). The molecular formula is C23H24FN3O4. The van der Waals surface area contributed by atoms with E-state index in [0.717, 1.165) is 12.8 Å². The van der Waals surface area contributed by atoms with Crippen molar-refractivity contribution in [2.24, 2.45) is 5.92 Å². The third-order valence-electron chi connectivity index (χ3n) is 5.58. The van der Waals surface area contributed by atoms with Gasteiger partial charge in [-0.25, -0.2) is 4.39 Å². The van der Waals surface area contributed by atoms with Crippen LogP contribution >= 0.6 is 0 Å². The normalized spacial score (nSPS) is 20.7. The lowest BCUT2D eigenvalue weighted by molar-refractivity contribution is -0.122. The van der Waals surface area contributed by atoms with Crippen LogP contribution < -0.4 is 15.5 Å². The van der Waals surface area contributed by atoms with E-state index in [-0.39, 0.29) is 42.5 Å². The van der Waals surface area contributed by atoms with Crippen molar-refractivity contribution in [3.63, 3.8) is 0 Å². The van der Waals surface area contributed by atoms with Gasteiger partial charge in [0.1, 0.15) is 5.82 Å². The molecule has 2 N–H and O–H groups in total. The van der Waals surface area contributed by atoms with Gasteiger partial charge in [0.2, 0.25) is 11.8 Å². The molecule has 2 aliphatic rings.